The maximum absolute atomic E-state index is 12.3. The van der Waals surface area contributed by atoms with Crippen LogP contribution in [0.3, 0.4) is 0 Å². The van der Waals surface area contributed by atoms with Crippen molar-refractivity contribution in [1.29, 1.82) is 0 Å². The van der Waals surface area contributed by atoms with Gasteiger partial charge in [-0.05, 0) is 12.8 Å². The molecule has 1 amide bonds. The van der Waals surface area contributed by atoms with Gasteiger partial charge in [0.1, 0.15) is 6.67 Å². The predicted molar refractivity (Wildman–Crippen MR) is 63.2 cm³/mol. The topological polar surface area (TPSA) is 59.1 Å². The van der Waals surface area contributed by atoms with Crippen LogP contribution in [0.2, 0.25) is 0 Å². The molecule has 0 bridgehead atoms. The Morgan fingerprint density at radius 1 is 1.17 bits per heavy atom. The summed E-state index contributed by atoms with van der Waals surface area (Å²) < 4.78 is 5.24. The normalized spacial score (nSPS) is 24.4. The molecule has 0 aromatic rings. The molecule has 6 nitrogen and oxygen atoms in total. The van der Waals surface area contributed by atoms with Gasteiger partial charge in [0.2, 0.25) is 0 Å². The number of carbonyl (C=O) groups is 2. The van der Waals surface area contributed by atoms with Crippen LogP contribution in [-0.2, 0) is 19.2 Å². The minimum Gasteiger partial charge on any atom is -0.379 e. The zero-order chi connectivity index (χ0) is 13.2. The van der Waals surface area contributed by atoms with Crippen LogP contribution in [0.25, 0.3) is 0 Å². The van der Waals surface area contributed by atoms with E-state index in [0.717, 1.165) is 13.1 Å². The monoisotopic (exact) mass is 256 g/mol. The first kappa shape index (κ1) is 13.3. The van der Waals surface area contributed by atoms with Gasteiger partial charge in [-0.2, -0.15) is 5.06 Å². The summed E-state index contributed by atoms with van der Waals surface area (Å²) in [7, 11) is 0. The highest BCUT2D eigenvalue weighted by Crippen LogP contribution is 2.36. The number of morpholine rings is 1. The Kier molecular flexibility index (Phi) is 3.87. The quantitative estimate of drug-likeness (QED) is 0.681. The zero-order valence-corrected chi connectivity index (χ0v) is 11.0. The number of rotatable bonds is 4. The summed E-state index contributed by atoms with van der Waals surface area (Å²) in [5.74, 6) is -0.616. The summed E-state index contributed by atoms with van der Waals surface area (Å²) in [5.41, 5.74) is -0.966. The van der Waals surface area contributed by atoms with Crippen molar-refractivity contribution in [2.75, 3.05) is 33.0 Å². The van der Waals surface area contributed by atoms with Crippen molar-refractivity contribution in [3.63, 3.8) is 0 Å². The Labute approximate surface area is 107 Å². The molecule has 2 aliphatic rings. The van der Waals surface area contributed by atoms with Crippen molar-refractivity contribution in [1.82, 2.24) is 9.96 Å². The van der Waals surface area contributed by atoms with E-state index in [4.69, 9.17) is 9.57 Å². The van der Waals surface area contributed by atoms with Crippen molar-refractivity contribution in [2.24, 2.45) is 5.41 Å². The number of hydrogen-bond acceptors (Lipinski definition) is 5. The maximum atomic E-state index is 12.3. The van der Waals surface area contributed by atoms with Gasteiger partial charge in [-0.25, -0.2) is 4.79 Å². The van der Waals surface area contributed by atoms with Crippen LogP contribution in [-0.4, -0.2) is 54.8 Å². The molecular formula is C12H20N2O4. The van der Waals surface area contributed by atoms with Crippen molar-refractivity contribution < 1.29 is 19.2 Å². The SMILES string of the molecule is CCC1(CC)C(=O)ON(CN2CCOCC2)C1=O. The Morgan fingerprint density at radius 3 is 2.28 bits per heavy atom. The Hall–Kier alpha value is -1.14. The average molecular weight is 256 g/mol. The number of nitrogens with zero attached hydrogens (tertiary/aromatic N) is 2. The number of ether oxygens (including phenoxy) is 1. The van der Waals surface area contributed by atoms with E-state index in [2.05, 4.69) is 4.90 Å². The second-order valence-corrected chi connectivity index (χ2v) is 4.72. The molecule has 18 heavy (non-hydrogen) atoms. The molecule has 102 valence electrons. The van der Waals surface area contributed by atoms with Gasteiger partial charge in [0.05, 0.1) is 13.2 Å². The summed E-state index contributed by atoms with van der Waals surface area (Å²) in [6, 6.07) is 0. The third kappa shape index (κ3) is 2.10. The Morgan fingerprint density at radius 2 is 1.78 bits per heavy atom. The van der Waals surface area contributed by atoms with Crippen LogP contribution in [0.15, 0.2) is 0 Å². The molecule has 0 unspecified atom stereocenters. The van der Waals surface area contributed by atoms with Gasteiger partial charge in [-0.3, -0.25) is 9.69 Å². The third-order valence-corrected chi connectivity index (χ3v) is 3.86. The molecule has 0 atom stereocenters. The first-order valence-corrected chi connectivity index (χ1v) is 6.48. The first-order valence-electron chi connectivity index (χ1n) is 6.48. The average Bonchev–Trinajstić information content (AvgIpc) is 2.63. The highest BCUT2D eigenvalue weighted by atomic mass is 16.7. The van der Waals surface area contributed by atoms with Crippen molar-refractivity contribution in [3.05, 3.63) is 0 Å². The maximum Gasteiger partial charge on any atom is 0.348 e. The summed E-state index contributed by atoms with van der Waals surface area (Å²) >= 11 is 0. The van der Waals surface area contributed by atoms with Gasteiger partial charge in [0.15, 0.2) is 5.41 Å². The van der Waals surface area contributed by atoms with Crippen LogP contribution in [0.1, 0.15) is 26.7 Å². The zero-order valence-electron chi connectivity index (χ0n) is 11.0. The van der Waals surface area contributed by atoms with Gasteiger partial charge >= 0.3 is 5.97 Å². The summed E-state index contributed by atoms with van der Waals surface area (Å²) in [4.78, 5) is 31.4. The third-order valence-electron chi connectivity index (χ3n) is 3.86. The molecule has 2 fully saturated rings. The molecule has 0 radical (unpaired) electrons. The smallest absolute Gasteiger partial charge is 0.348 e. The lowest BCUT2D eigenvalue weighted by Gasteiger charge is -2.29. The first-order chi connectivity index (χ1) is 8.64. The lowest BCUT2D eigenvalue weighted by molar-refractivity contribution is -0.188. The molecule has 2 rings (SSSR count). The van der Waals surface area contributed by atoms with E-state index in [9.17, 15) is 9.59 Å². The van der Waals surface area contributed by atoms with Crippen LogP contribution in [0.5, 0.6) is 0 Å². The predicted octanol–water partition coefficient (Wildman–Crippen LogP) is 0.383. The van der Waals surface area contributed by atoms with Gasteiger partial charge in [0.25, 0.3) is 5.91 Å². The van der Waals surface area contributed by atoms with Gasteiger partial charge < -0.3 is 9.57 Å². The van der Waals surface area contributed by atoms with Crippen molar-refractivity contribution in [2.45, 2.75) is 26.7 Å². The summed E-state index contributed by atoms with van der Waals surface area (Å²) in [6.07, 6.45) is 0.974. The van der Waals surface area contributed by atoms with Crippen molar-refractivity contribution in [3.8, 4) is 0 Å². The number of hydroxylamine groups is 2. The van der Waals surface area contributed by atoms with E-state index in [1.165, 1.54) is 5.06 Å². The van der Waals surface area contributed by atoms with Crippen LogP contribution in [0, 0.1) is 5.41 Å². The fraction of sp³-hybridized carbons (Fsp3) is 0.833. The number of carbonyl (C=O) groups excluding carboxylic acids is 2. The minimum absolute atomic E-state index is 0.205. The molecule has 0 aromatic carbocycles. The molecule has 2 heterocycles. The lowest BCUT2D eigenvalue weighted by atomic mass is 9.82. The molecule has 6 heteroatoms. The lowest BCUT2D eigenvalue weighted by Crippen LogP contribution is -2.45. The minimum atomic E-state index is -0.966. The van der Waals surface area contributed by atoms with Gasteiger partial charge in [-0.15, -0.1) is 0 Å². The molecule has 0 aliphatic carbocycles. The molecule has 0 saturated carbocycles. The van der Waals surface area contributed by atoms with Crippen molar-refractivity contribution >= 4 is 11.9 Å². The summed E-state index contributed by atoms with van der Waals surface area (Å²) in [5, 5.41) is 1.21. The van der Waals surface area contributed by atoms with Crippen LogP contribution < -0.4 is 0 Å². The number of amides is 1. The van der Waals surface area contributed by atoms with E-state index in [-0.39, 0.29) is 5.91 Å². The van der Waals surface area contributed by atoms with E-state index in [0.29, 0.717) is 32.7 Å². The van der Waals surface area contributed by atoms with E-state index in [1.54, 1.807) is 0 Å². The van der Waals surface area contributed by atoms with E-state index < -0.39 is 11.4 Å². The van der Waals surface area contributed by atoms with Crippen LogP contribution in [0.4, 0.5) is 0 Å². The van der Waals surface area contributed by atoms with Crippen LogP contribution >= 0.6 is 0 Å². The molecule has 2 aliphatic heterocycles. The van der Waals surface area contributed by atoms with E-state index in [1.807, 2.05) is 13.8 Å². The fourth-order valence-electron chi connectivity index (χ4n) is 2.41. The second kappa shape index (κ2) is 5.24. The molecule has 0 N–H and O–H groups in total. The largest absolute Gasteiger partial charge is 0.379 e. The standard InChI is InChI=1S/C12H20N2O4/c1-3-12(4-2)10(15)14(18-11(12)16)9-13-5-7-17-8-6-13/h3-9H2,1-2H3. The molecule has 0 aromatic heterocycles. The van der Waals surface area contributed by atoms with Gasteiger partial charge in [-0.1, -0.05) is 13.8 Å². The fourth-order valence-corrected chi connectivity index (χ4v) is 2.41. The highest BCUT2D eigenvalue weighted by molar-refractivity contribution is 6.06. The van der Waals surface area contributed by atoms with E-state index >= 15 is 0 Å². The Bertz CT molecular complexity index is 335. The molecule has 2 saturated heterocycles. The molecule has 0 spiro atoms. The number of hydrogen-bond donors (Lipinski definition) is 0. The second-order valence-electron chi connectivity index (χ2n) is 4.72. The highest BCUT2D eigenvalue weighted by Gasteiger charge is 2.54. The molecular weight excluding hydrogens is 236 g/mol. The van der Waals surface area contributed by atoms with Gasteiger partial charge in [0, 0.05) is 13.1 Å². The Balaban J connectivity index is 2.03. The summed E-state index contributed by atoms with van der Waals surface area (Å²) in [6.45, 7) is 6.86.